The van der Waals surface area contributed by atoms with E-state index in [2.05, 4.69) is 47.8 Å². The summed E-state index contributed by atoms with van der Waals surface area (Å²) in [7, 11) is 5.64. The molecular formula is C15H22ClNS. The fourth-order valence-electron chi connectivity index (χ4n) is 3.45. The molecule has 0 aromatic rings. The summed E-state index contributed by atoms with van der Waals surface area (Å²) in [6, 6.07) is 0. The Labute approximate surface area is 116 Å². The van der Waals surface area contributed by atoms with E-state index in [1.165, 1.54) is 25.9 Å². The first-order chi connectivity index (χ1) is 8.57. The number of allylic oxidation sites excluding steroid dienone is 4. The quantitative estimate of drug-likeness (QED) is 0.742. The van der Waals surface area contributed by atoms with Gasteiger partial charge in [0, 0.05) is 35.9 Å². The predicted octanol–water partition coefficient (Wildman–Crippen LogP) is 3.92. The van der Waals surface area contributed by atoms with Crippen LogP contribution >= 0.6 is 19.9 Å². The van der Waals surface area contributed by atoms with Crippen molar-refractivity contribution in [1.82, 2.24) is 4.90 Å². The zero-order chi connectivity index (χ0) is 12.8. The average molecular weight is 284 g/mol. The number of likely N-dealkylation sites (tertiary alicyclic amines) is 1. The first-order valence-corrected chi connectivity index (χ1v) is 10.1. The third kappa shape index (κ3) is 2.14. The molecule has 0 aromatic carbocycles. The normalized spacial score (nSPS) is 35.8. The Morgan fingerprint density at radius 1 is 1.17 bits per heavy atom. The summed E-state index contributed by atoms with van der Waals surface area (Å²) in [6.45, 7) is 2.47. The first-order valence-electron chi connectivity index (χ1n) is 6.81. The minimum absolute atomic E-state index is 0.529. The molecule has 1 heterocycles. The second-order valence-corrected chi connectivity index (χ2v) is 11.4. The van der Waals surface area contributed by atoms with E-state index in [4.69, 9.17) is 10.7 Å². The van der Waals surface area contributed by atoms with Crippen molar-refractivity contribution in [3.63, 3.8) is 0 Å². The highest BCUT2D eigenvalue weighted by molar-refractivity contribution is 8.50. The molecule has 0 amide bonds. The van der Waals surface area contributed by atoms with Gasteiger partial charge in [0.05, 0.1) is 0 Å². The largest absolute Gasteiger partial charge is 0.375 e. The highest BCUT2D eigenvalue weighted by Crippen LogP contribution is 2.59. The Bertz CT molecular complexity index is 413. The van der Waals surface area contributed by atoms with Gasteiger partial charge in [-0.3, -0.25) is 0 Å². The molecule has 0 saturated carbocycles. The summed E-state index contributed by atoms with van der Waals surface area (Å²) >= 11 is 0. The summed E-state index contributed by atoms with van der Waals surface area (Å²) in [5.74, 6) is 1.16. The predicted molar refractivity (Wildman–Crippen MR) is 83.2 cm³/mol. The number of nitrogens with zero attached hydrogens (tertiary/aromatic N) is 1. The van der Waals surface area contributed by atoms with Crippen LogP contribution in [-0.4, -0.2) is 35.8 Å². The Morgan fingerprint density at radius 2 is 1.83 bits per heavy atom. The van der Waals surface area contributed by atoms with Crippen LogP contribution in [0.5, 0.6) is 0 Å². The zero-order valence-electron chi connectivity index (χ0n) is 11.2. The van der Waals surface area contributed by atoms with Crippen LogP contribution in [0.15, 0.2) is 36.1 Å². The Hall–Kier alpha value is -0.340. The molecule has 0 bridgehead atoms. The van der Waals surface area contributed by atoms with Gasteiger partial charge in [0.15, 0.2) is 0 Å². The van der Waals surface area contributed by atoms with Gasteiger partial charge in [0.1, 0.15) is 0 Å². The van der Waals surface area contributed by atoms with E-state index in [9.17, 15) is 0 Å². The lowest BCUT2D eigenvalue weighted by Crippen LogP contribution is -2.26. The van der Waals surface area contributed by atoms with Crippen LogP contribution < -0.4 is 0 Å². The zero-order valence-corrected chi connectivity index (χ0v) is 12.8. The molecule has 1 nitrogen and oxygen atoms in total. The molecule has 3 unspecified atom stereocenters. The van der Waals surface area contributed by atoms with Gasteiger partial charge in [-0.15, -0.1) is 0 Å². The number of fused-ring (bicyclic) bond motifs is 1. The van der Waals surface area contributed by atoms with Crippen LogP contribution in [0.3, 0.4) is 0 Å². The highest BCUT2D eigenvalue weighted by Gasteiger charge is 2.42. The molecule has 3 atom stereocenters. The summed E-state index contributed by atoms with van der Waals surface area (Å²) in [5.41, 5.74) is 1.55. The molecule has 0 N–H and O–H groups in total. The highest BCUT2D eigenvalue weighted by atomic mass is 35.7. The maximum absolute atomic E-state index is 6.69. The fraction of sp³-hybridized carbons (Fsp3) is 0.600. The van der Waals surface area contributed by atoms with Crippen LogP contribution in [0.25, 0.3) is 0 Å². The van der Waals surface area contributed by atoms with Crippen LogP contribution in [-0.2, 0) is 0 Å². The molecule has 1 aliphatic heterocycles. The van der Waals surface area contributed by atoms with E-state index in [-0.39, 0.29) is 0 Å². The molecule has 100 valence electrons. The Kier molecular flexibility index (Phi) is 3.27. The van der Waals surface area contributed by atoms with E-state index < -0.39 is 9.24 Å². The standard InChI is InChI=1S/C15H22ClNS/c1-18(2,16)15-11-14(17-9-5-6-10-17)12-7-3-4-8-13(12)15/h3-4,7-8,11-13,15H,5-6,9-10H2,1-2H3. The van der Waals surface area contributed by atoms with E-state index in [0.29, 0.717) is 17.1 Å². The van der Waals surface area contributed by atoms with Gasteiger partial charge in [-0.2, -0.15) is 9.24 Å². The van der Waals surface area contributed by atoms with E-state index in [0.717, 1.165) is 0 Å². The van der Waals surface area contributed by atoms with Crippen LogP contribution in [0.2, 0.25) is 0 Å². The van der Waals surface area contributed by atoms with E-state index in [1.807, 2.05) is 0 Å². The topological polar surface area (TPSA) is 3.24 Å². The Morgan fingerprint density at radius 3 is 2.50 bits per heavy atom. The molecule has 2 aliphatic carbocycles. The minimum Gasteiger partial charge on any atom is -0.375 e. The van der Waals surface area contributed by atoms with Crippen molar-refractivity contribution in [1.29, 1.82) is 0 Å². The molecule has 3 rings (SSSR count). The molecule has 1 fully saturated rings. The summed E-state index contributed by atoms with van der Waals surface area (Å²) in [6.07, 6.45) is 18.8. The number of halogens is 1. The number of hydrogen-bond acceptors (Lipinski definition) is 1. The minimum atomic E-state index is -1.05. The second kappa shape index (κ2) is 4.64. The lowest BCUT2D eigenvalue weighted by atomic mass is 9.89. The molecule has 0 aromatic heterocycles. The van der Waals surface area contributed by atoms with Gasteiger partial charge in [0.25, 0.3) is 0 Å². The molecule has 18 heavy (non-hydrogen) atoms. The van der Waals surface area contributed by atoms with Crippen LogP contribution in [0.4, 0.5) is 0 Å². The van der Waals surface area contributed by atoms with Gasteiger partial charge in [-0.25, -0.2) is 0 Å². The molecule has 3 heteroatoms. The van der Waals surface area contributed by atoms with Crippen LogP contribution in [0.1, 0.15) is 12.8 Å². The second-order valence-electron chi connectivity index (χ2n) is 5.90. The third-order valence-corrected chi connectivity index (χ3v) is 6.71. The molecule has 0 radical (unpaired) electrons. The molecule has 0 spiro atoms. The fourth-order valence-corrected chi connectivity index (χ4v) is 5.43. The lowest BCUT2D eigenvalue weighted by Gasteiger charge is -2.35. The van der Waals surface area contributed by atoms with E-state index in [1.54, 1.807) is 5.70 Å². The van der Waals surface area contributed by atoms with Gasteiger partial charge in [0.2, 0.25) is 0 Å². The van der Waals surface area contributed by atoms with Crippen molar-refractivity contribution in [3.8, 4) is 0 Å². The SMILES string of the molecule is CS(C)(Cl)C1C=C(N2CCCC2)C2C=CC=CC21. The van der Waals surface area contributed by atoms with Crippen molar-refractivity contribution >= 4 is 19.9 Å². The monoisotopic (exact) mass is 283 g/mol. The lowest BCUT2D eigenvalue weighted by molar-refractivity contribution is 0.374. The Balaban J connectivity index is 1.92. The maximum Gasteiger partial charge on any atom is 0.0280 e. The molecule has 3 aliphatic rings. The van der Waals surface area contributed by atoms with Crippen molar-refractivity contribution in [2.75, 3.05) is 25.6 Å². The molecular weight excluding hydrogens is 262 g/mol. The summed E-state index contributed by atoms with van der Waals surface area (Å²) < 4.78 is 0. The third-order valence-electron chi connectivity index (χ3n) is 4.35. The van der Waals surface area contributed by atoms with Gasteiger partial charge < -0.3 is 4.90 Å². The van der Waals surface area contributed by atoms with Crippen molar-refractivity contribution in [2.45, 2.75) is 18.1 Å². The maximum atomic E-state index is 6.69. The summed E-state index contributed by atoms with van der Waals surface area (Å²) in [5, 5.41) is 0.529. The summed E-state index contributed by atoms with van der Waals surface area (Å²) in [4.78, 5) is 2.59. The van der Waals surface area contributed by atoms with Crippen molar-refractivity contribution in [3.05, 3.63) is 36.1 Å². The number of hydrogen-bond donors (Lipinski definition) is 0. The van der Waals surface area contributed by atoms with Gasteiger partial charge in [-0.1, -0.05) is 41.1 Å². The van der Waals surface area contributed by atoms with Crippen molar-refractivity contribution < 1.29 is 0 Å². The van der Waals surface area contributed by atoms with Crippen LogP contribution in [0, 0.1) is 11.8 Å². The average Bonchev–Trinajstić information content (AvgIpc) is 2.94. The first kappa shape index (κ1) is 12.7. The molecule has 1 saturated heterocycles. The van der Waals surface area contributed by atoms with Gasteiger partial charge in [-0.05, 0) is 25.4 Å². The smallest absolute Gasteiger partial charge is 0.0280 e. The van der Waals surface area contributed by atoms with E-state index >= 15 is 0 Å². The van der Waals surface area contributed by atoms with Gasteiger partial charge >= 0.3 is 0 Å². The van der Waals surface area contributed by atoms with Crippen molar-refractivity contribution in [2.24, 2.45) is 11.8 Å². The number of rotatable bonds is 2.